The molecule has 0 radical (unpaired) electrons. The molecular formula is C8H14O3. The van der Waals surface area contributed by atoms with Crippen molar-refractivity contribution in [3.05, 3.63) is 12.7 Å². The molecule has 0 spiro atoms. The maximum atomic E-state index is 10.6. The molecule has 0 aromatic heterocycles. The third kappa shape index (κ3) is 5.61. The number of methoxy groups -OCH3 is 1. The van der Waals surface area contributed by atoms with Crippen LogP contribution in [-0.2, 0) is 9.53 Å². The van der Waals surface area contributed by atoms with Crippen molar-refractivity contribution >= 4 is 5.97 Å². The van der Waals surface area contributed by atoms with Crippen LogP contribution in [0.2, 0.25) is 0 Å². The summed E-state index contributed by atoms with van der Waals surface area (Å²) in [5.41, 5.74) is 0. The smallest absolute Gasteiger partial charge is 0.305 e. The molecule has 11 heavy (non-hydrogen) atoms. The van der Waals surface area contributed by atoms with E-state index in [0.717, 1.165) is 0 Å². The van der Waals surface area contributed by atoms with Crippen LogP contribution in [0.4, 0.5) is 0 Å². The fourth-order valence-electron chi connectivity index (χ4n) is 0.675. The van der Waals surface area contributed by atoms with Gasteiger partial charge in [-0.3, -0.25) is 4.79 Å². The normalized spacial score (nSPS) is 12.2. The van der Waals surface area contributed by atoms with Gasteiger partial charge in [0, 0.05) is 6.42 Å². The second-order valence-corrected chi connectivity index (χ2v) is 2.27. The summed E-state index contributed by atoms with van der Waals surface area (Å²) in [4.78, 5) is 10.6. The highest BCUT2D eigenvalue weighted by atomic mass is 16.5. The van der Waals surface area contributed by atoms with Crippen molar-refractivity contribution in [1.82, 2.24) is 0 Å². The molecule has 0 rings (SSSR count). The van der Waals surface area contributed by atoms with Crippen molar-refractivity contribution in [1.29, 1.82) is 0 Å². The van der Waals surface area contributed by atoms with E-state index in [4.69, 9.17) is 5.11 Å². The number of hydrogen-bond acceptors (Lipinski definition) is 3. The molecule has 0 aliphatic rings. The molecule has 64 valence electrons. The van der Waals surface area contributed by atoms with E-state index >= 15 is 0 Å². The Bertz CT molecular complexity index is 131. The van der Waals surface area contributed by atoms with Gasteiger partial charge in [-0.25, -0.2) is 0 Å². The zero-order valence-electron chi connectivity index (χ0n) is 6.75. The molecule has 0 aromatic rings. The monoisotopic (exact) mass is 158 g/mol. The first-order chi connectivity index (χ1) is 5.20. The Labute approximate surface area is 66.7 Å². The maximum Gasteiger partial charge on any atom is 0.305 e. The summed E-state index contributed by atoms with van der Waals surface area (Å²) in [6.07, 6.45) is 2.52. The summed E-state index contributed by atoms with van der Waals surface area (Å²) in [5, 5.41) is 8.97. The lowest BCUT2D eigenvalue weighted by atomic mass is 10.1. The Morgan fingerprint density at radius 1 is 1.82 bits per heavy atom. The second kappa shape index (κ2) is 5.92. The predicted octanol–water partition coefficient (Wildman–Crippen LogP) is 0.877. The van der Waals surface area contributed by atoms with Crippen LogP contribution in [0.25, 0.3) is 0 Å². The van der Waals surface area contributed by atoms with Crippen LogP contribution in [0, 0.1) is 0 Å². The molecule has 0 fully saturated rings. The van der Waals surface area contributed by atoms with E-state index in [2.05, 4.69) is 11.3 Å². The van der Waals surface area contributed by atoms with Gasteiger partial charge in [0.2, 0.25) is 0 Å². The largest absolute Gasteiger partial charge is 0.469 e. The van der Waals surface area contributed by atoms with Gasteiger partial charge in [0.25, 0.3) is 0 Å². The van der Waals surface area contributed by atoms with Crippen molar-refractivity contribution in [2.75, 3.05) is 7.11 Å². The first kappa shape index (κ1) is 10.2. The fourth-order valence-corrected chi connectivity index (χ4v) is 0.675. The highest BCUT2D eigenvalue weighted by molar-refractivity contribution is 5.68. The third-order valence-electron chi connectivity index (χ3n) is 1.38. The molecule has 3 nitrogen and oxygen atoms in total. The standard InChI is InChI=1S/C8H14O3/c1-3-7(9)5-4-6-8(10)11-2/h3,7,9H,1,4-6H2,2H3/t7-/m1/s1. The fraction of sp³-hybridized carbons (Fsp3) is 0.625. The molecular weight excluding hydrogens is 144 g/mol. The van der Waals surface area contributed by atoms with Gasteiger partial charge < -0.3 is 9.84 Å². The SMILES string of the molecule is C=C[C@@H](O)CCCC(=O)OC. The molecule has 1 N–H and O–H groups in total. The van der Waals surface area contributed by atoms with Crippen molar-refractivity contribution < 1.29 is 14.6 Å². The number of hydrogen-bond donors (Lipinski definition) is 1. The van der Waals surface area contributed by atoms with Crippen molar-refractivity contribution in [2.45, 2.75) is 25.4 Å². The Kier molecular flexibility index (Phi) is 5.47. The summed E-state index contributed by atoms with van der Waals surface area (Å²) in [7, 11) is 1.35. The van der Waals surface area contributed by atoms with Crippen molar-refractivity contribution in [3.8, 4) is 0 Å². The molecule has 0 bridgehead atoms. The number of aliphatic hydroxyl groups is 1. The van der Waals surface area contributed by atoms with Gasteiger partial charge in [-0.05, 0) is 12.8 Å². The second-order valence-electron chi connectivity index (χ2n) is 2.27. The van der Waals surface area contributed by atoms with Crippen molar-refractivity contribution in [2.24, 2.45) is 0 Å². The highest BCUT2D eigenvalue weighted by Gasteiger charge is 2.02. The number of carbonyl (C=O) groups is 1. The van der Waals surface area contributed by atoms with Gasteiger partial charge >= 0.3 is 5.97 Å². The van der Waals surface area contributed by atoms with Gasteiger partial charge in [-0.2, -0.15) is 0 Å². The minimum Gasteiger partial charge on any atom is -0.469 e. The molecule has 0 saturated carbocycles. The van der Waals surface area contributed by atoms with Crippen LogP contribution < -0.4 is 0 Å². The van der Waals surface area contributed by atoms with E-state index in [-0.39, 0.29) is 5.97 Å². The average molecular weight is 158 g/mol. The Morgan fingerprint density at radius 3 is 2.91 bits per heavy atom. The van der Waals surface area contributed by atoms with Gasteiger partial charge in [0.05, 0.1) is 13.2 Å². The van der Waals surface area contributed by atoms with Crippen LogP contribution in [0.3, 0.4) is 0 Å². The van der Waals surface area contributed by atoms with E-state index in [1.54, 1.807) is 0 Å². The minimum absolute atomic E-state index is 0.235. The molecule has 0 aliphatic carbocycles. The van der Waals surface area contributed by atoms with Crippen molar-refractivity contribution in [3.63, 3.8) is 0 Å². The lowest BCUT2D eigenvalue weighted by Crippen LogP contribution is -2.04. The summed E-state index contributed by atoms with van der Waals surface area (Å²) in [5.74, 6) is -0.235. The quantitative estimate of drug-likeness (QED) is 0.477. The molecule has 0 aromatic carbocycles. The number of aliphatic hydroxyl groups excluding tert-OH is 1. The first-order valence-corrected chi connectivity index (χ1v) is 3.58. The summed E-state index contributed by atoms with van der Waals surface area (Å²) < 4.78 is 4.42. The average Bonchev–Trinajstić information content (AvgIpc) is 2.04. The van der Waals surface area contributed by atoms with Crippen LogP contribution in [0.1, 0.15) is 19.3 Å². The zero-order valence-corrected chi connectivity index (χ0v) is 6.75. The van der Waals surface area contributed by atoms with E-state index in [9.17, 15) is 4.79 Å². The van der Waals surface area contributed by atoms with Crippen LogP contribution in [0.15, 0.2) is 12.7 Å². The number of carbonyl (C=O) groups excluding carboxylic acids is 1. The van der Waals surface area contributed by atoms with Crippen LogP contribution >= 0.6 is 0 Å². The molecule has 3 heteroatoms. The zero-order chi connectivity index (χ0) is 8.69. The highest BCUT2D eigenvalue weighted by Crippen LogP contribution is 2.01. The van der Waals surface area contributed by atoms with Gasteiger partial charge in [-0.15, -0.1) is 6.58 Å². The maximum absolute atomic E-state index is 10.6. The molecule has 0 unspecified atom stereocenters. The Balaban J connectivity index is 3.26. The molecule has 0 aliphatic heterocycles. The molecule has 0 heterocycles. The summed E-state index contributed by atoms with van der Waals surface area (Å²) in [6.45, 7) is 3.41. The molecule has 1 atom stereocenters. The lowest BCUT2D eigenvalue weighted by Gasteiger charge is -2.02. The predicted molar refractivity (Wildman–Crippen MR) is 42.1 cm³/mol. The Hall–Kier alpha value is -0.830. The number of esters is 1. The van der Waals surface area contributed by atoms with Gasteiger partial charge in [0.15, 0.2) is 0 Å². The van der Waals surface area contributed by atoms with Gasteiger partial charge in [-0.1, -0.05) is 6.08 Å². The lowest BCUT2D eigenvalue weighted by molar-refractivity contribution is -0.140. The van der Waals surface area contributed by atoms with E-state index in [0.29, 0.717) is 19.3 Å². The van der Waals surface area contributed by atoms with Crippen LogP contribution in [-0.4, -0.2) is 24.3 Å². The first-order valence-electron chi connectivity index (χ1n) is 3.58. The van der Waals surface area contributed by atoms with E-state index in [1.165, 1.54) is 13.2 Å². The van der Waals surface area contributed by atoms with E-state index in [1.807, 2.05) is 0 Å². The van der Waals surface area contributed by atoms with Gasteiger partial charge in [0.1, 0.15) is 0 Å². The minimum atomic E-state index is -0.500. The molecule has 0 amide bonds. The number of ether oxygens (including phenoxy) is 1. The topological polar surface area (TPSA) is 46.5 Å². The number of rotatable bonds is 5. The Morgan fingerprint density at radius 2 is 2.45 bits per heavy atom. The summed E-state index contributed by atoms with van der Waals surface area (Å²) in [6, 6.07) is 0. The molecule has 0 saturated heterocycles. The summed E-state index contributed by atoms with van der Waals surface area (Å²) >= 11 is 0. The third-order valence-corrected chi connectivity index (χ3v) is 1.38. The van der Waals surface area contributed by atoms with E-state index < -0.39 is 6.10 Å². The van der Waals surface area contributed by atoms with Crippen LogP contribution in [0.5, 0.6) is 0 Å².